The van der Waals surface area contributed by atoms with Gasteiger partial charge in [0.1, 0.15) is 5.60 Å². The molecule has 3 heterocycles. The van der Waals surface area contributed by atoms with Crippen LogP contribution in [0.25, 0.3) is 0 Å². The molecule has 0 spiro atoms. The van der Waals surface area contributed by atoms with Crippen molar-refractivity contribution in [2.45, 2.75) is 116 Å². The Morgan fingerprint density at radius 1 is 1.05 bits per heavy atom. The van der Waals surface area contributed by atoms with Crippen molar-refractivity contribution in [2.75, 3.05) is 37.7 Å². The first kappa shape index (κ1) is 30.3. The summed E-state index contributed by atoms with van der Waals surface area (Å²) in [7, 11) is -1.99. The summed E-state index contributed by atoms with van der Waals surface area (Å²) in [4.78, 5) is 38.6. The number of piperazine rings is 1. The van der Waals surface area contributed by atoms with Gasteiger partial charge < -0.3 is 19.0 Å². The van der Waals surface area contributed by atoms with E-state index < -0.39 is 13.9 Å². The lowest BCUT2D eigenvalue weighted by molar-refractivity contribution is -0.133. The summed E-state index contributed by atoms with van der Waals surface area (Å²) < 4.78 is 12.4. The Bertz CT molecular complexity index is 1030. The molecular formula is C29H50N4O4SSi. The van der Waals surface area contributed by atoms with Crippen molar-refractivity contribution in [3.05, 3.63) is 10.6 Å². The van der Waals surface area contributed by atoms with Crippen molar-refractivity contribution < 1.29 is 18.8 Å². The van der Waals surface area contributed by atoms with Crippen LogP contribution in [-0.2, 0) is 26.9 Å². The predicted molar refractivity (Wildman–Crippen MR) is 160 cm³/mol. The maximum atomic E-state index is 13.2. The average Bonchev–Trinajstić information content (AvgIpc) is 3.50. The van der Waals surface area contributed by atoms with Crippen LogP contribution in [0.1, 0.15) is 84.2 Å². The summed E-state index contributed by atoms with van der Waals surface area (Å²) in [5.41, 5.74) is 0.581. The molecule has 0 bridgehead atoms. The lowest BCUT2D eigenvalue weighted by atomic mass is 10.0. The van der Waals surface area contributed by atoms with Crippen LogP contribution in [0.4, 0.5) is 9.93 Å². The first-order valence-electron chi connectivity index (χ1n) is 14.8. The van der Waals surface area contributed by atoms with Crippen molar-refractivity contribution in [1.82, 2.24) is 14.8 Å². The molecule has 0 aromatic carbocycles. The maximum Gasteiger partial charge on any atom is 0.410 e. The maximum absolute atomic E-state index is 13.2. The van der Waals surface area contributed by atoms with Crippen molar-refractivity contribution in [1.29, 1.82) is 0 Å². The largest absolute Gasteiger partial charge is 0.444 e. The molecule has 2 aliphatic heterocycles. The molecule has 3 aliphatic rings. The van der Waals surface area contributed by atoms with Crippen molar-refractivity contribution in [3.63, 3.8) is 0 Å². The number of thiazole rings is 1. The number of hydrogen-bond donors (Lipinski definition) is 0. The molecule has 1 aromatic rings. The van der Waals surface area contributed by atoms with Gasteiger partial charge in [-0.15, -0.1) is 0 Å². The zero-order valence-corrected chi connectivity index (χ0v) is 27.3. The molecule has 0 N–H and O–H groups in total. The van der Waals surface area contributed by atoms with Crippen molar-refractivity contribution >= 4 is 36.8 Å². The van der Waals surface area contributed by atoms with E-state index in [9.17, 15) is 9.59 Å². The molecule has 1 saturated heterocycles. The van der Waals surface area contributed by atoms with E-state index >= 15 is 0 Å². The van der Waals surface area contributed by atoms with E-state index in [-0.39, 0.29) is 17.2 Å². The van der Waals surface area contributed by atoms with Crippen molar-refractivity contribution in [3.8, 4) is 0 Å². The highest BCUT2D eigenvalue weighted by Gasteiger charge is 2.41. The fourth-order valence-electron chi connectivity index (χ4n) is 5.37. The Kier molecular flexibility index (Phi) is 9.08. The predicted octanol–water partition coefficient (Wildman–Crippen LogP) is 6.06. The first-order valence-corrected chi connectivity index (χ1v) is 18.5. The molecule has 10 heteroatoms. The van der Waals surface area contributed by atoms with Crippen LogP contribution >= 0.6 is 11.3 Å². The summed E-state index contributed by atoms with van der Waals surface area (Å²) in [6.45, 7) is 20.8. The normalized spacial score (nSPS) is 21.3. The molecule has 39 heavy (non-hydrogen) atoms. The Morgan fingerprint density at radius 2 is 1.74 bits per heavy atom. The molecule has 1 aliphatic carbocycles. The van der Waals surface area contributed by atoms with E-state index in [1.54, 1.807) is 11.3 Å². The summed E-state index contributed by atoms with van der Waals surface area (Å²) in [6, 6.07) is -0.117. The molecule has 2 fully saturated rings. The number of anilines is 1. The number of aromatic nitrogens is 1. The van der Waals surface area contributed by atoms with Crippen molar-refractivity contribution in [2.24, 2.45) is 5.92 Å². The number of fused-ring (bicyclic) bond motifs is 1. The summed E-state index contributed by atoms with van der Waals surface area (Å²) >= 11 is 1.71. The van der Waals surface area contributed by atoms with Crippen LogP contribution in [0, 0.1) is 5.92 Å². The van der Waals surface area contributed by atoms with E-state index in [1.165, 1.54) is 30.6 Å². The van der Waals surface area contributed by atoms with E-state index in [1.807, 2.05) is 30.6 Å². The van der Waals surface area contributed by atoms with Gasteiger partial charge in [0.15, 0.2) is 13.4 Å². The summed E-state index contributed by atoms with van der Waals surface area (Å²) in [5, 5.41) is 1.08. The number of rotatable bonds is 6. The molecule has 1 saturated carbocycles. The van der Waals surface area contributed by atoms with Gasteiger partial charge >= 0.3 is 6.09 Å². The Balaban J connectivity index is 1.45. The van der Waals surface area contributed by atoms with E-state index in [0.29, 0.717) is 51.0 Å². The van der Waals surface area contributed by atoms with Gasteiger partial charge in [0.05, 0.1) is 24.9 Å². The lowest BCUT2D eigenvalue weighted by Crippen LogP contribution is -2.59. The van der Waals surface area contributed by atoms with Crippen LogP contribution in [0.5, 0.6) is 0 Å². The molecule has 4 rings (SSSR count). The van der Waals surface area contributed by atoms with Gasteiger partial charge in [0.2, 0.25) is 5.91 Å². The number of amides is 2. The average molecular weight is 579 g/mol. The summed E-state index contributed by atoms with van der Waals surface area (Å²) in [5.74, 6) is 0.874. The minimum atomic E-state index is -1.99. The van der Waals surface area contributed by atoms with E-state index in [4.69, 9.17) is 14.1 Å². The second-order valence-electron chi connectivity index (χ2n) is 14.1. The standard InChI is InChI=1S/C29H50N4O4SSi/c1-28(2,3)37-27(35)33-16-15-32(18-22(33)20-36-39(7,8)29(4,5)6)26-30-23-13-14-31(19-24(23)38-26)25(34)17-21-11-9-10-12-21/h21-22H,9-20H2,1-8H3/t22-/m0/s1. The van der Waals surface area contributed by atoms with Gasteiger partial charge in [0.25, 0.3) is 0 Å². The number of carbonyl (C=O) groups is 2. The van der Waals surface area contributed by atoms with Crippen LogP contribution in [0.2, 0.25) is 18.1 Å². The quantitative estimate of drug-likeness (QED) is 0.382. The lowest BCUT2D eigenvalue weighted by Gasteiger charge is -2.44. The highest BCUT2D eigenvalue weighted by atomic mass is 32.1. The van der Waals surface area contributed by atoms with Gasteiger partial charge in [-0.3, -0.25) is 9.69 Å². The molecule has 1 atom stereocenters. The summed E-state index contributed by atoms with van der Waals surface area (Å²) in [6.07, 6.45) is 6.17. The molecular weight excluding hydrogens is 528 g/mol. The third kappa shape index (κ3) is 7.55. The van der Waals surface area contributed by atoms with Gasteiger partial charge in [-0.25, -0.2) is 9.78 Å². The zero-order valence-electron chi connectivity index (χ0n) is 25.5. The smallest absolute Gasteiger partial charge is 0.410 e. The van der Waals surface area contributed by atoms with Crippen LogP contribution in [0.15, 0.2) is 0 Å². The molecule has 2 amide bonds. The fourth-order valence-corrected chi connectivity index (χ4v) is 7.57. The zero-order chi connectivity index (χ0) is 28.6. The number of ether oxygens (including phenoxy) is 1. The van der Waals surface area contributed by atoms with Gasteiger partial charge in [-0.2, -0.15) is 0 Å². The highest BCUT2D eigenvalue weighted by Crippen LogP contribution is 2.38. The number of hydrogen-bond acceptors (Lipinski definition) is 7. The third-order valence-electron chi connectivity index (χ3n) is 8.83. The van der Waals surface area contributed by atoms with E-state index in [2.05, 4.69) is 38.8 Å². The molecule has 0 unspecified atom stereocenters. The Labute approximate surface area is 240 Å². The third-order valence-corrected chi connectivity index (χ3v) is 14.5. The number of carbonyl (C=O) groups excluding carboxylic acids is 2. The minimum Gasteiger partial charge on any atom is -0.444 e. The molecule has 8 nitrogen and oxygen atoms in total. The molecule has 0 radical (unpaired) electrons. The second kappa shape index (κ2) is 11.7. The number of nitrogens with zero attached hydrogens (tertiary/aromatic N) is 4. The minimum absolute atomic E-state index is 0.0908. The van der Waals surface area contributed by atoms with E-state index in [0.717, 1.165) is 23.8 Å². The van der Waals surface area contributed by atoms with Crippen LogP contribution in [0.3, 0.4) is 0 Å². The molecule has 1 aromatic heterocycles. The topological polar surface area (TPSA) is 75.2 Å². The molecule has 220 valence electrons. The Morgan fingerprint density at radius 3 is 2.38 bits per heavy atom. The monoisotopic (exact) mass is 578 g/mol. The highest BCUT2D eigenvalue weighted by molar-refractivity contribution is 7.15. The Hall–Kier alpha value is -1.65. The van der Waals surface area contributed by atoms with Gasteiger partial charge in [-0.05, 0) is 57.7 Å². The van der Waals surface area contributed by atoms with Gasteiger partial charge in [-0.1, -0.05) is 44.9 Å². The fraction of sp³-hybridized carbons (Fsp3) is 0.828. The second-order valence-corrected chi connectivity index (χ2v) is 20.0. The first-order chi connectivity index (χ1) is 18.1. The van der Waals surface area contributed by atoms with Gasteiger partial charge in [0, 0.05) is 43.9 Å². The SMILES string of the molecule is CC(C)(C)OC(=O)N1CCN(c2nc3c(s2)CN(C(=O)CC2CCCC2)CC3)C[C@H]1CO[Si](C)(C)C(C)(C)C. The van der Waals surface area contributed by atoms with Crippen LogP contribution in [-0.4, -0.2) is 79.5 Å². The van der Waals surface area contributed by atoms with Crippen LogP contribution < -0.4 is 4.90 Å².